The number of aromatic nitrogens is 2. The van der Waals surface area contributed by atoms with Crippen molar-refractivity contribution in [1.29, 1.82) is 5.26 Å². The zero-order valence-electron chi connectivity index (χ0n) is 11.9. The van der Waals surface area contributed by atoms with Crippen LogP contribution in [0.4, 0.5) is 0 Å². The normalized spacial score (nSPS) is 31.8. The molecule has 0 aromatic carbocycles. The van der Waals surface area contributed by atoms with Gasteiger partial charge in [-0.2, -0.15) is 10.4 Å². The van der Waals surface area contributed by atoms with Crippen LogP contribution < -0.4 is 0 Å². The van der Waals surface area contributed by atoms with Crippen molar-refractivity contribution in [1.82, 2.24) is 9.78 Å². The molecule has 0 amide bonds. The van der Waals surface area contributed by atoms with E-state index in [1.807, 2.05) is 25.6 Å². The predicted molar refractivity (Wildman–Crippen MR) is 71.4 cm³/mol. The van der Waals surface area contributed by atoms with E-state index >= 15 is 0 Å². The van der Waals surface area contributed by atoms with Gasteiger partial charge in [-0.1, -0.05) is 20.8 Å². The number of nitrogens with zero attached hydrogens (tertiary/aromatic N) is 3. The SMILES string of the molecule is Cn1cc2c(n1)[C@@]1(C)CC(C#N)=C(O)C(C)(C)[C@@H]1C2. The number of fused-ring (bicyclic) bond motifs is 3. The van der Waals surface area contributed by atoms with Crippen molar-refractivity contribution in [3.05, 3.63) is 28.8 Å². The maximum absolute atomic E-state index is 10.4. The van der Waals surface area contributed by atoms with Gasteiger partial charge < -0.3 is 5.11 Å². The second-order valence-electron chi connectivity index (χ2n) is 6.69. The van der Waals surface area contributed by atoms with E-state index in [1.54, 1.807) is 0 Å². The molecular formula is C15H19N3O. The minimum Gasteiger partial charge on any atom is -0.511 e. The van der Waals surface area contributed by atoms with Crippen LogP contribution in [0.1, 0.15) is 38.4 Å². The van der Waals surface area contributed by atoms with Gasteiger partial charge in [0.1, 0.15) is 5.76 Å². The Kier molecular flexibility index (Phi) is 2.21. The average molecular weight is 257 g/mol. The van der Waals surface area contributed by atoms with Crippen molar-refractivity contribution >= 4 is 0 Å². The van der Waals surface area contributed by atoms with Crippen LogP contribution in [-0.2, 0) is 18.9 Å². The molecule has 4 nitrogen and oxygen atoms in total. The maximum atomic E-state index is 10.4. The van der Waals surface area contributed by atoms with Crippen LogP contribution >= 0.6 is 0 Å². The smallest absolute Gasteiger partial charge is 0.112 e. The van der Waals surface area contributed by atoms with E-state index < -0.39 is 0 Å². The lowest BCUT2D eigenvalue weighted by Gasteiger charge is -2.46. The Morgan fingerprint density at radius 1 is 1.47 bits per heavy atom. The van der Waals surface area contributed by atoms with Crippen molar-refractivity contribution in [2.75, 3.05) is 0 Å². The molecule has 1 aromatic heterocycles. The number of nitriles is 1. The van der Waals surface area contributed by atoms with E-state index in [0.717, 1.165) is 12.1 Å². The fourth-order valence-corrected chi connectivity index (χ4v) is 4.13. The highest BCUT2D eigenvalue weighted by Crippen LogP contribution is 2.58. The van der Waals surface area contributed by atoms with E-state index in [9.17, 15) is 10.4 Å². The monoisotopic (exact) mass is 257 g/mol. The summed E-state index contributed by atoms with van der Waals surface area (Å²) in [4.78, 5) is 0. The van der Waals surface area contributed by atoms with Gasteiger partial charge in [0, 0.05) is 24.1 Å². The number of aliphatic hydroxyl groups is 1. The first-order valence-corrected chi connectivity index (χ1v) is 6.66. The first kappa shape index (κ1) is 12.3. The summed E-state index contributed by atoms with van der Waals surface area (Å²) < 4.78 is 1.85. The summed E-state index contributed by atoms with van der Waals surface area (Å²) in [5.74, 6) is 0.572. The molecule has 1 aromatic rings. The van der Waals surface area contributed by atoms with Crippen LogP contribution in [0.2, 0.25) is 0 Å². The van der Waals surface area contributed by atoms with Crippen LogP contribution in [-0.4, -0.2) is 14.9 Å². The Morgan fingerprint density at radius 3 is 2.79 bits per heavy atom. The summed E-state index contributed by atoms with van der Waals surface area (Å²) in [6, 6.07) is 2.18. The van der Waals surface area contributed by atoms with Gasteiger partial charge in [0.15, 0.2) is 0 Å². The lowest BCUT2D eigenvalue weighted by Crippen LogP contribution is -2.44. The van der Waals surface area contributed by atoms with E-state index in [1.165, 1.54) is 5.56 Å². The van der Waals surface area contributed by atoms with Crippen LogP contribution in [0.5, 0.6) is 0 Å². The molecule has 0 fully saturated rings. The molecule has 2 atom stereocenters. The average Bonchev–Trinajstić information content (AvgIpc) is 2.82. The fourth-order valence-electron chi connectivity index (χ4n) is 4.13. The van der Waals surface area contributed by atoms with Gasteiger partial charge in [0.05, 0.1) is 17.3 Å². The van der Waals surface area contributed by atoms with Gasteiger partial charge >= 0.3 is 0 Å². The molecule has 3 rings (SSSR count). The zero-order valence-corrected chi connectivity index (χ0v) is 11.9. The second-order valence-corrected chi connectivity index (χ2v) is 6.69. The molecular weight excluding hydrogens is 238 g/mol. The molecule has 0 aliphatic heterocycles. The number of allylic oxidation sites excluding steroid dienone is 2. The third-order valence-corrected chi connectivity index (χ3v) is 5.08. The van der Waals surface area contributed by atoms with Gasteiger partial charge in [-0.15, -0.1) is 0 Å². The lowest BCUT2D eigenvalue weighted by molar-refractivity contribution is 0.0907. The summed E-state index contributed by atoms with van der Waals surface area (Å²) in [6.07, 6.45) is 3.58. The van der Waals surface area contributed by atoms with Crippen molar-refractivity contribution in [3.63, 3.8) is 0 Å². The van der Waals surface area contributed by atoms with Gasteiger partial charge in [-0.3, -0.25) is 4.68 Å². The first-order valence-electron chi connectivity index (χ1n) is 6.66. The standard InChI is InChI=1S/C15H19N3O/c1-14(2)11-5-9-8-18(4)17-12(9)15(11,3)6-10(7-16)13(14)19/h8,11,19H,5-6H2,1-4H3/t11-,15-/m0/s1. The number of hydrogen-bond acceptors (Lipinski definition) is 3. The van der Waals surface area contributed by atoms with Crippen molar-refractivity contribution < 1.29 is 5.11 Å². The zero-order chi connectivity index (χ0) is 14.0. The maximum Gasteiger partial charge on any atom is 0.112 e. The number of aryl methyl sites for hydroxylation is 1. The number of hydrogen-bond donors (Lipinski definition) is 1. The van der Waals surface area contributed by atoms with Crippen molar-refractivity contribution in [3.8, 4) is 6.07 Å². The highest BCUT2D eigenvalue weighted by molar-refractivity contribution is 5.44. The minimum atomic E-state index is -0.371. The van der Waals surface area contributed by atoms with Gasteiger partial charge in [-0.25, -0.2) is 0 Å². The molecule has 19 heavy (non-hydrogen) atoms. The predicted octanol–water partition coefficient (Wildman–Crippen LogP) is 2.62. The molecule has 0 bridgehead atoms. The van der Waals surface area contributed by atoms with Crippen LogP contribution in [0, 0.1) is 22.7 Å². The Balaban J connectivity index is 2.20. The molecule has 1 N–H and O–H groups in total. The topological polar surface area (TPSA) is 61.8 Å². The summed E-state index contributed by atoms with van der Waals surface area (Å²) in [5, 5.41) is 24.3. The molecule has 0 radical (unpaired) electrons. The quantitative estimate of drug-likeness (QED) is 0.777. The highest BCUT2D eigenvalue weighted by atomic mass is 16.3. The van der Waals surface area contributed by atoms with E-state index in [2.05, 4.69) is 24.3 Å². The number of rotatable bonds is 0. The molecule has 100 valence electrons. The highest BCUT2D eigenvalue weighted by Gasteiger charge is 2.56. The summed E-state index contributed by atoms with van der Waals surface area (Å²) in [6.45, 7) is 6.25. The lowest BCUT2D eigenvalue weighted by atomic mass is 9.58. The van der Waals surface area contributed by atoms with Crippen LogP contribution in [0.25, 0.3) is 0 Å². The van der Waals surface area contributed by atoms with Gasteiger partial charge in [0.25, 0.3) is 0 Å². The second kappa shape index (κ2) is 3.41. The summed E-state index contributed by atoms with van der Waals surface area (Å²) in [7, 11) is 1.93. The molecule has 0 saturated heterocycles. The van der Waals surface area contributed by atoms with Gasteiger partial charge in [-0.05, 0) is 24.3 Å². The number of aliphatic hydroxyl groups excluding tert-OH is 1. The van der Waals surface area contributed by atoms with E-state index in [-0.39, 0.29) is 16.6 Å². The summed E-state index contributed by atoms with van der Waals surface area (Å²) in [5.41, 5.74) is 2.37. The molecule has 2 aliphatic rings. The fraction of sp³-hybridized carbons (Fsp3) is 0.600. The van der Waals surface area contributed by atoms with E-state index in [4.69, 9.17) is 0 Å². The van der Waals surface area contributed by atoms with E-state index in [0.29, 0.717) is 17.9 Å². The largest absolute Gasteiger partial charge is 0.511 e. The molecule has 0 saturated carbocycles. The molecule has 4 heteroatoms. The van der Waals surface area contributed by atoms with Gasteiger partial charge in [0.2, 0.25) is 0 Å². The Morgan fingerprint density at radius 2 is 2.16 bits per heavy atom. The Bertz CT molecular complexity index is 632. The Labute approximate surface area is 113 Å². The van der Waals surface area contributed by atoms with Crippen molar-refractivity contribution in [2.24, 2.45) is 18.4 Å². The Hall–Kier alpha value is -1.76. The molecule has 1 heterocycles. The summed E-state index contributed by atoms with van der Waals surface area (Å²) >= 11 is 0. The molecule has 0 unspecified atom stereocenters. The molecule has 0 spiro atoms. The molecule has 2 aliphatic carbocycles. The minimum absolute atomic E-state index is 0.141. The van der Waals surface area contributed by atoms with Crippen LogP contribution in [0.3, 0.4) is 0 Å². The first-order chi connectivity index (χ1) is 8.80. The van der Waals surface area contributed by atoms with Crippen molar-refractivity contribution in [2.45, 2.75) is 39.0 Å². The third kappa shape index (κ3) is 1.36. The van der Waals surface area contributed by atoms with Crippen LogP contribution in [0.15, 0.2) is 17.5 Å². The third-order valence-electron chi connectivity index (χ3n) is 5.08.